The molecule has 1 atom stereocenters. The SMILES string of the molecule is CNC(=O)C(C)CN(C)C(=O)c1cc(N)cc(OC)c1. The van der Waals surface area contributed by atoms with Gasteiger partial charge in [-0.15, -0.1) is 0 Å². The summed E-state index contributed by atoms with van der Waals surface area (Å²) < 4.78 is 5.09. The van der Waals surface area contributed by atoms with E-state index in [1.54, 1.807) is 39.2 Å². The Hall–Kier alpha value is -2.24. The Morgan fingerprint density at radius 1 is 1.40 bits per heavy atom. The minimum Gasteiger partial charge on any atom is -0.497 e. The molecule has 0 radical (unpaired) electrons. The molecule has 1 aromatic carbocycles. The number of nitrogen functional groups attached to an aromatic ring is 1. The van der Waals surface area contributed by atoms with Crippen LogP contribution < -0.4 is 15.8 Å². The van der Waals surface area contributed by atoms with Crippen LogP contribution >= 0.6 is 0 Å². The Kier molecular flexibility index (Phi) is 5.37. The number of carbonyl (C=O) groups is 2. The molecule has 0 fully saturated rings. The second-order valence-corrected chi connectivity index (χ2v) is 4.70. The molecule has 1 aromatic rings. The first-order chi connectivity index (χ1) is 9.38. The lowest BCUT2D eigenvalue weighted by atomic mass is 10.1. The normalized spacial score (nSPS) is 11.6. The first kappa shape index (κ1) is 15.8. The lowest BCUT2D eigenvalue weighted by Crippen LogP contribution is -2.37. The number of ether oxygens (including phenoxy) is 1. The summed E-state index contributed by atoms with van der Waals surface area (Å²) in [4.78, 5) is 25.3. The lowest BCUT2D eigenvalue weighted by Gasteiger charge is -2.21. The molecule has 0 heterocycles. The molecule has 0 saturated carbocycles. The summed E-state index contributed by atoms with van der Waals surface area (Å²) in [5.74, 6) is -0.0563. The van der Waals surface area contributed by atoms with Crippen molar-refractivity contribution < 1.29 is 14.3 Å². The molecule has 1 unspecified atom stereocenters. The smallest absolute Gasteiger partial charge is 0.253 e. The first-order valence-corrected chi connectivity index (χ1v) is 6.30. The van der Waals surface area contributed by atoms with E-state index in [1.165, 1.54) is 12.0 Å². The van der Waals surface area contributed by atoms with Crippen molar-refractivity contribution in [1.29, 1.82) is 0 Å². The van der Waals surface area contributed by atoms with E-state index in [-0.39, 0.29) is 17.7 Å². The van der Waals surface area contributed by atoms with Crippen LogP contribution in [0.4, 0.5) is 5.69 Å². The molecule has 0 bridgehead atoms. The van der Waals surface area contributed by atoms with Crippen LogP contribution in [0.1, 0.15) is 17.3 Å². The number of anilines is 1. The van der Waals surface area contributed by atoms with Crippen LogP contribution in [0.2, 0.25) is 0 Å². The van der Waals surface area contributed by atoms with E-state index in [4.69, 9.17) is 10.5 Å². The fourth-order valence-corrected chi connectivity index (χ4v) is 1.91. The van der Waals surface area contributed by atoms with E-state index >= 15 is 0 Å². The Morgan fingerprint density at radius 3 is 2.60 bits per heavy atom. The van der Waals surface area contributed by atoms with Gasteiger partial charge < -0.3 is 20.7 Å². The van der Waals surface area contributed by atoms with Crippen LogP contribution in [-0.2, 0) is 4.79 Å². The quantitative estimate of drug-likeness (QED) is 0.778. The highest BCUT2D eigenvalue weighted by Gasteiger charge is 2.19. The van der Waals surface area contributed by atoms with Crippen LogP contribution in [0.5, 0.6) is 5.75 Å². The average Bonchev–Trinajstić information content (AvgIpc) is 2.44. The predicted octanol–water partition coefficient (Wildman–Crippen LogP) is 0.732. The molecule has 6 heteroatoms. The maximum Gasteiger partial charge on any atom is 0.253 e. The minimum absolute atomic E-state index is 0.102. The van der Waals surface area contributed by atoms with Gasteiger partial charge in [0.1, 0.15) is 5.75 Å². The molecular weight excluding hydrogens is 258 g/mol. The predicted molar refractivity (Wildman–Crippen MR) is 77.6 cm³/mol. The van der Waals surface area contributed by atoms with E-state index < -0.39 is 0 Å². The van der Waals surface area contributed by atoms with Gasteiger partial charge in [-0.25, -0.2) is 0 Å². The van der Waals surface area contributed by atoms with E-state index in [9.17, 15) is 9.59 Å². The molecule has 110 valence electrons. The highest BCUT2D eigenvalue weighted by Crippen LogP contribution is 2.19. The molecule has 0 aromatic heterocycles. The monoisotopic (exact) mass is 279 g/mol. The van der Waals surface area contributed by atoms with Gasteiger partial charge in [0.2, 0.25) is 5.91 Å². The fourth-order valence-electron chi connectivity index (χ4n) is 1.91. The largest absolute Gasteiger partial charge is 0.497 e. The van der Waals surface area contributed by atoms with E-state index in [1.807, 2.05) is 0 Å². The van der Waals surface area contributed by atoms with Crippen LogP contribution in [-0.4, -0.2) is 44.5 Å². The molecular formula is C14H21N3O3. The standard InChI is InChI=1S/C14H21N3O3/c1-9(13(18)16-2)8-17(3)14(19)10-5-11(15)7-12(6-10)20-4/h5-7,9H,8,15H2,1-4H3,(H,16,18). The lowest BCUT2D eigenvalue weighted by molar-refractivity contribution is -0.124. The Labute approximate surface area is 118 Å². The number of rotatable bonds is 5. The number of nitrogens with two attached hydrogens (primary N) is 1. The molecule has 6 nitrogen and oxygen atoms in total. The topological polar surface area (TPSA) is 84.7 Å². The summed E-state index contributed by atoms with van der Waals surface area (Å²) in [7, 11) is 4.74. The molecule has 2 amide bonds. The van der Waals surface area contributed by atoms with Crippen molar-refractivity contribution in [3.8, 4) is 5.75 Å². The van der Waals surface area contributed by atoms with Crippen LogP contribution in [0, 0.1) is 5.92 Å². The molecule has 1 rings (SSSR count). The van der Waals surface area contributed by atoms with Crippen molar-refractivity contribution in [2.75, 3.05) is 33.5 Å². The van der Waals surface area contributed by atoms with Crippen molar-refractivity contribution >= 4 is 17.5 Å². The molecule has 0 aliphatic carbocycles. The fraction of sp³-hybridized carbons (Fsp3) is 0.429. The van der Waals surface area contributed by atoms with Gasteiger partial charge in [0.05, 0.1) is 13.0 Å². The molecule has 0 saturated heterocycles. The Balaban J connectivity index is 2.84. The van der Waals surface area contributed by atoms with E-state index in [0.717, 1.165) is 0 Å². The molecule has 0 aliphatic rings. The summed E-state index contributed by atoms with van der Waals surface area (Å²) in [6.07, 6.45) is 0. The molecule has 3 N–H and O–H groups in total. The molecule has 0 aliphatic heterocycles. The third-order valence-corrected chi connectivity index (χ3v) is 3.00. The zero-order chi connectivity index (χ0) is 15.3. The van der Waals surface area contributed by atoms with Crippen molar-refractivity contribution in [3.05, 3.63) is 23.8 Å². The van der Waals surface area contributed by atoms with E-state index in [2.05, 4.69) is 5.32 Å². The third kappa shape index (κ3) is 3.88. The van der Waals surface area contributed by atoms with Gasteiger partial charge in [-0.1, -0.05) is 6.92 Å². The number of hydrogen-bond acceptors (Lipinski definition) is 4. The summed E-state index contributed by atoms with van der Waals surface area (Å²) in [5, 5.41) is 2.56. The highest BCUT2D eigenvalue weighted by molar-refractivity contribution is 5.95. The summed E-state index contributed by atoms with van der Waals surface area (Å²) in [6, 6.07) is 4.86. The number of hydrogen-bond donors (Lipinski definition) is 2. The number of methoxy groups -OCH3 is 1. The first-order valence-electron chi connectivity index (χ1n) is 6.30. The van der Waals surface area contributed by atoms with Gasteiger partial charge in [-0.05, 0) is 12.1 Å². The van der Waals surface area contributed by atoms with Gasteiger partial charge in [0.25, 0.3) is 5.91 Å². The zero-order valence-electron chi connectivity index (χ0n) is 12.3. The number of carbonyl (C=O) groups excluding carboxylic acids is 2. The van der Waals surface area contributed by atoms with Crippen molar-refractivity contribution in [2.24, 2.45) is 5.92 Å². The maximum atomic E-state index is 12.3. The van der Waals surface area contributed by atoms with Gasteiger partial charge in [-0.2, -0.15) is 0 Å². The van der Waals surface area contributed by atoms with Gasteiger partial charge in [0.15, 0.2) is 0 Å². The minimum atomic E-state index is -0.281. The number of benzene rings is 1. The van der Waals surface area contributed by atoms with Gasteiger partial charge in [-0.3, -0.25) is 9.59 Å². The number of amides is 2. The van der Waals surface area contributed by atoms with Crippen LogP contribution in [0.25, 0.3) is 0 Å². The molecule has 0 spiro atoms. The van der Waals surface area contributed by atoms with Gasteiger partial charge in [0, 0.05) is 38.0 Å². The Morgan fingerprint density at radius 2 is 2.05 bits per heavy atom. The third-order valence-electron chi connectivity index (χ3n) is 3.00. The highest BCUT2D eigenvalue weighted by atomic mass is 16.5. The maximum absolute atomic E-state index is 12.3. The van der Waals surface area contributed by atoms with Gasteiger partial charge >= 0.3 is 0 Å². The molecule has 20 heavy (non-hydrogen) atoms. The van der Waals surface area contributed by atoms with Crippen LogP contribution in [0.3, 0.4) is 0 Å². The van der Waals surface area contributed by atoms with Crippen molar-refractivity contribution in [1.82, 2.24) is 10.2 Å². The summed E-state index contributed by atoms with van der Waals surface area (Å²) in [5.41, 5.74) is 6.63. The summed E-state index contributed by atoms with van der Waals surface area (Å²) >= 11 is 0. The van der Waals surface area contributed by atoms with Crippen molar-refractivity contribution in [2.45, 2.75) is 6.92 Å². The van der Waals surface area contributed by atoms with E-state index in [0.29, 0.717) is 23.5 Å². The zero-order valence-corrected chi connectivity index (χ0v) is 12.3. The van der Waals surface area contributed by atoms with Crippen molar-refractivity contribution in [3.63, 3.8) is 0 Å². The summed E-state index contributed by atoms with van der Waals surface area (Å²) in [6.45, 7) is 2.10. The second-order valence-electron chi connectivity index (χ2n) is 4.70. The number of nitrogens with zero attached hydrogens (tertiary/aromatic N) is 1. The average molecular weight is 279 g/mol. The Bertz CT molecular complexity index is 502. The van der Waals surface area contributed by atoms with Crippen LogP contribution in [0.15, 0.2) is 18.2 Å². The number of nitrogens with one attached hydrogen (secondary N) is 1. The second kappa shape index (κ2) is 6.79.